The van der Waals surface area contributed by atoms with E-state index in [1.807, 2.05) is 93.6 Å². The first-order chi connectivity index (χ1) is 34.3. The van der Waals surface area contributed by atoms with E-state index in [0.29, 0.717) is 12.8 Å². The minimum Gasteiger partial charge on any atom is -0.460 e. The summed E-state index contributed by atoms with van der Waals surface area (Å²) >= 11 is 0. The first-order valence-electron chi connectivity index (χ1n) is 25.5. The second-order valence-electron chi connectivity index (χ2n) is 21.3. The molecule has 3 aromatic rings. The fraction of sp³-hybridized carbons (Fsp3) is 0.518. The topological polar surface area (TPSA) is 202 Å². The van der Waals surface area contributed by atoms with Crippen LogP contribution in [0.15, 0.2) is 85.5 Å². The molecule has 4 aliphatic rings. The highest BCUT2D eigenvalue weighted by Crippen LogP contribution is 2.51. The zero-order valence-electron chi connectivity index (χ0n) is 43.1. The summed E-state index contributed by atoms with van der Waals surface area (Å²) in [7, 11) is 0. The Balaban J connectivity index is 1.01. The van der Waals surface area contributed by atoms with E-state index >= 15 is 0 Å². The average molecular weight is 989 g/mol. The fourth-order valence-corrected chi connectivity index (χ4v) is 10.9. The Morgan fingerprint density at radius 2 is 1.39 bits per heavy atom. The van der Waals surface area contributed by atoms with Gasteiger partial charge in [-0.1, -0.05) is 142 Å². The number of anilines is 1. The molecule has 5 amide bonds. The van der Waals surface area contributed by atoms with Crippen molar-refractivity contribution in [3.8, 4) is 11.1 Å². The van der Waals surface area contributed by atoms with E-state index in [9.17, 15) is 33.6 Å². The summed E-state index contributed by atoms with van der Waals surface area (Å²) in [4.78, 5) is 102. The molecule has 8 atom stereocenters. The molecule has 0 unspecified atom stereocenters. The van der Waals surface area contributed by atoms with Crippen molar-refractivity contribution in [2.24, 2.45) is 23.7 Å². The third-order valence-corrected chi connectivity index (χ3v) is 14.6. The molecular weight excluding hydrogens is 917 g/mol. The van der Waals surface area contributed by atoms with Crippen LogP contribution in [0.1, 0.15) is 111 Å². The fourth-order valence-electron chi connectivity index (χ4n) is 10.9. The Hall–Kier alpha value is -6.71. The molecule has 386 valence electrons. The molecule has 2 fully saturated rings. The van der Waals surface area contributed by atoms with Gasteiger partial charge in [-0.05, 0) is 83.2 Å². The zero-order chi connectivity index (χ0) is 52.2. The second-order valence-corrected chi connectivity index (χ2v) is 21.3. The van der Waals surface area contributed by atoms with Gasteiger partial charge >= 0.3 is 18.0 Å². The number of carbonyl (C=O) groups excluding carboxylic acids is 7. The van der Waals surface area contributed by atoms with Crippen molar-refractivity contribution in [1.29, 1.82) is 0 Å². The van der Waals surface area contributed by atoms with Crippen LogP contribution in [0.5, 0.6) is 0 Å². The molecule has 72 heavy (non-hydrogen) atoms. The highest BCUT2D eigenvalue weighted by Gasteiger charge is 2.59. The maximum atomic E-state index is 14.9. The van der Waals surface area contributed by atoms with Crippen molar-refractivity contribution in [3.63, 3.8) is 0 Å². The van der Waals surface area contributed by atoms with Gasteiger partial charge in [0, 0.05) is 23.6 Å². The van der Waals surface area contributed by atoms with Crippen molar-refractivity contribution in [3.05, 3.63) is 102 Å². The van der Waals surface area contributed by atoms with Crippen molar-refractivity contribution >= 4 is 47.3 Å². The van der Waals surface area contributed by atoms with E-state index in [-0.39, 0.29) is 44.4 Å². The molecule has 0 spiro atoms. The molecule has 0 radical (unpaired) electrons. The zero-order valence-corrected chi connectivity index (χ0v) is 43.1. The molecule has 4 N–H and O–H groups in total. The SMILES string of the molecule is C=CCOC(=O)[C@@H]1C[C@@]2(C)c3ccccc3N[C@H]2N1C(=O)[C@H](NC(=O)[C@H](CC(C)C)NC(=O)[C@H]1CCCN1C(=O)[C@@H](OC(=O)[C@H](NC(=O)OCC1c2ccccc2-c2ccccc21)C(C)C)C(C)C)C(C)C. The molecule has 16 heteroatoms. The largest absolute Gasteiger partial charge is 0.460 e. The normalized spacial score (nSPS) is 21.4. The minimum absolute atomic E-state index is 0.0290. The number of nitrogens with zero attached hydrogens (tertiary/aromatic N) is 2. The molecule has 0 aromatic heterocycles. The molecule has 0 bridgehead atoms. The molecule has 3 aromatic carbocycles. The van der Waals surface area contributed by atoms with E-state index in [4.69, 9.17) is 14.2 Å². The number of hydrogen-bond acceptors (Lipinski definition) is 11. The number of fused-ring (bicyclic) bond motifs is 6. The van der Waals surface area contributed by atoms with Gasteiger partial charge in [0.25, 0.3) is 5.91 Å². The van der Waals surface area contributed by atoms with Gasteiger partial charge in [0.1, 0.15) is 49.6 Å². The number of hydrogen-bond donors (Lipinski definition) is 4. The Kier molecular flexibility index (Phi) is 16.5. The number of para-hydroxylation sites is 1. The van der Waals surface area contributed by atoms with Gasteiger partial charge in [-0.2, -0.15) is 0 Å². The number of carbonyl (C=O) groups is 7. The number of alkyl carbamates (subject to hydrolysis) is 1. The lowest BCUT2D eigenvalue weighted by molar-refractivity contribution is -0.166. The van der Waals surface area contributed by atoms with Crippen LogP contribution < -0.4 is 21.3 Å². The summed E-state index contributed by atoms with van der Waals surface area (Å²) < 4.78 is 17.2. The lowest BCUT2D eigenvalue weighted by Gasteiger charge is -2.36. The lowest BCUT2D eigenvalue weighted by Crippen LogP contribution is -2.61. The number of likely N-dealkylation sites (tertiary alicyclic amines) is 2. The summed E-state index contributed by atoms with van der Waals surface area (Å²) in [6, 6.07) is 18.4. The van der Waals surface area contributed by atoms with Crippen LogP contribution in [0.3, 0.4) is 0 Å². The third-order valence-electron chi connectivity index (χ3n) is 14.6. The summed E-state index contributed by atoms with van der Waals surface area (Å²) in [6.07, 6.45) is 0.0445. The smallest absolute Gasteiger partial charge is 0.407 e. The highest BCUT2D eigenvalue weighted by atomic mass is 16.6. The van der Waals surface area contributed by atoms with Crippen LogP contribution in [0, 0.1) is 23.7 Å². The predicted molar refractivity (Wildman–Crippen MR) is 272 cm³/mol. The van der Waals surface area contributed by atoms with Gasteiger partial charge < -0.3 is 45.3 Å². The van der Waals surface area contributed by atoms with Crippen LogP contribution in [-0.2, 0) is 48.4 Å². The number of rotatable bonds is 19. The van der Waals surface area contributed by atoms with Gasteiger partial charge in [-0.3, -0.25) is 19.2 Å². The number of nitrogens with one attached hydrogen (secondary N) is 4. The van der Waals surface area contributed by atoms with E-state index in [2.05, 4.69) is 27.8 Å². The number of amides is 5. The summed E-state index contributed by atoms with van der Waals surface area (Å²) in [6.45, 7) is 20.3. The summed E-state index contributed by atoms with van der Waals surface area (Å²) in [5, 5.41) is 12.0. The van der Waals surface area contributed by atoms with Crippen LogP contribution in [0.2, 0.25) is 0 Å². The third kappa shape index (κ3) is 10.9. The van der Waals surface area contributed by atoms with Crippen LogP contribution in [0.25, 0.3) is 11.1 Å². The quantitative estimate of drug-likeness (QED) is 0.0558. The molecule has 3 heterocycles. The Morgan fingerprint density at radius 3 is 2.00 bits per heavy atom. The first-order valence-corrected chi connectivity index (χ1v) is 25.5. The molecule has 3 aliphatic heterocycles. The Morgan fingerprint density at radius 1 is 0.764 bits per heavy atom. The van der Waals surface area contributed by atoms with E-state index < -0.39 is 107 Å². The van der Waals surface area contributed by atoms with Crippen molar-refractivity contribution in [2.75, 3.05) is 25.1 Å². The predicted octanol–water partition coefficient (Wildman–Crippen LogP) is 6.82. The van der Waals surface area contributed by atoms with Gasteiger partial charge in [0.15, 0.2) is 6.10 Å². The second kappa shape index (κ2) is 22.4. The summed E-state index contributed by atoms with van der Waals surface area (Å²) in [5.74, 6) is -5.23. The minimum atomic E-state index is -1.29. The Labute approximate surface area is 423 Å². The summed E-state index contributed by atoms with van der Waals surface area (Å²) in [5.41, 5.74) is 5.43. The monoisotopic (exact) mass is 989 g/mol. The van der Waals surface area contributed by atoms with Gasteiger partial charge in [0.2, 0.25) is 17.7 Å². The van der Waals surface area contributed by atoms with Gasteiger partial charge in [-0.25, -0.2) is 14.4 Å². The number of ether oxygens (including phenoxy) is 3. The van der Waals surface area contributed by atoms with Gasteiger partial charge in [0.05, 0.1) is 0 Å². The maximum absolute atomic E-state index is 14.9. The molecule has 0 saturated carbocycles. The van der Waals surface area contributed by atoms with Crippen molar-refractivity contribution < 1.29 is 47.8 Å². The van der Waals surface area contributed by atoms with Crippen molar-refractivity contribution in [1.82, 2.24) is 25.8 Å². The van der Waals surface area contributed by atoms with E-state index in [1.165, 1.54) is 15.9 Å². The van der Waals surface area contributed by atoms with Gasteiger partial charge in [-0.15, -0.1) is 0 Å². The van der Waals surface area contributed by atoms with E-state index in [1.54, 1.807) is 41.5 Å². The average Bonchev–Trinajstić information content (AvgIpc) is 4.10. The molecular formula is C56H72N6O10. The van der Waals surface area contributed by atoms with Crippen LogP contribution in [-0.4, -0.2) is 114 Å². The number of esters is 2. The van der Waals surface area contributed by atoms with Crippen molar-refractivity contribution in [2.45, 2.75) is 142 Å². The standard InChI is InChI=1S/C56H72N6O10/c1-11-27-70-52(67)44-29-56(10)40-23-16-17-24-41(40)58-54(56)62(44)50(65)45(32(4)5)59-48(63)42(28-31(2)3)57-49(64)43-25-18-26-61(43)51(66)47(34(8)9)72-53(68)46(33(6)7)60-55(69)71-30-39-37-21-14-12-19-35(37)36-20-13-15-22-38(36)39/h11-17,19-24,31-34,39,42-47,54,58H,1,18,25-30H2,2-10H3,(H,57,64)(H,59,63)(H,60,69)/t42-,43+,44-,45+,46+,47-,54-,56-/m0/s1. The van der Waals surface area contributed by atoms with E-state index in [0.717, 1.165) is 33.5 Å². The van der Waals surface area contributed by atoms with Crippen LogP contribution in [0.4, 0.5) is 10.5 Å². The Bertz CT molecular complexity index is 2500. The molecule has 16 nitrogen and oxygen atoms in total. The molecule has 1 aliphatic carbocycles. The molecule has 7 rings (SSSR count). The molecule has 2 saturated heterocycles. The first kappa shape index (κ1) is 53.1. The highest BCUT2D eigenvalue weighted by molar-refractivity contribution is 5.97. The maximum Gasteiger partial charge on any atom is 0.407 e. The van der Waals surface area contributed by atoms with Crippen LogP contribution >= 0.6 is 0 Å². The lowest BCUT2D eigenvalue weighted by atomic mass is 9.80. The number of benzene rings is 3.